The quantitative estimate of drug-likeness (QED) is 0.767. The predicted molar refractivity (Wildman–Crippen MR) is 115 cm³/mol. The number of carbonyl (C=O) groups is 3. The average Bonchev–Trinajstić information content (AvgIpc) is 3.04. The minimum absolute atomic E-state index is 0.0189. The van der Waals surface area contributed by atoms with Crippen molar-refractivity contribution in [3.63, 3.8) is 0 Å². The summed E-state index contributed by atoms with van der Waals surface area (Å²) >= 11 is 0. The molecular weight excluding hydrogens is 378 g/mol. The molecule has 3 amide bonds. The highest BCUT2D eigenvalue weighted by Gasteiger charge is 2.52. The first kappa shape index (κ1) is 20.1. The molecule has 2 aromatic carbocycles. The molecule has 2 aromatic rings. The maximum absolute atomic E-state index is 13.3. The molecule has 30 heavy (non-hydrogen) atoms. The van der Waals surface area contributed by atoms with E-state index in [2.05, 4.69) is 0 Å². The third kappa shape index (κ3) is 3.26. The van der Waals surface area contributed by atoms with E-state index >= 15 is 0 Å². The molecule has 2 aliphatic rings. The van der Waals surface area contributed by atoms with Crippen LogP contribution in [0.25, 0.3) is 0 Å². The molecule has 1 fully saturated rings. The summed E-state index contributed by atoms with van der Waals surface area (Å²) in [5.41, 5.74) is 2.72. The molecule has 1 unspecified atom stereocenters. The third-order valence-corrected chi connectivity index (χ3v) is 6.39. The number of hydrogen-bond donors (Lipinski definition) is 0. The van der Waals surface area contributed by atoms with E-state index in [1.807, 2.05) is 50.2 Å². The summed E-state index contributed by atoms with van der Waals surface area (Å²) in [4.78, 5) is 43.8. The smallest absolute Gasteiger partial charge is 0.257 e. The predicted octanol–water partition coefficient (Wildman–Crippen LogP) is 3.34. The zero-order valence-corrected chi connectivity index (χ0v) is 17.7. The Morgan fingerprint density at radius 3 is 2.57 bits per heavy atom. The number of nitrogens with zero attached hydrogens (tertiary/aromatic N) is 3. The van der Waals surface area contributed by atoms with E-state index in [4.69, 9.17) is 0 Å². The van der Waals surface area contributed by atoms with E-state index in [0.29, 0.717) is 30.6 Å². The highest BCUT2D eigenvalue weighted by atomic mass is 16.2. The Balaban J connectivity index is 1.51. The Morgan fingerprint density at radius 2 is 1.80 bits per heavy atom. The van der Waals surface area contributed by atoms with Gasteiger partial charge in [0.1, 0.15) is 5.66 Å². The van der Waals surface area contributed by atoms with E-state index in [-0.39, 0.29) is 30.7 Å². The van der Waals surface area contributed by atoms with Crippen molar-refractivity contribution in [3.05, 3.63) is 65.2 Å². The Kier molecular flexibility index (Phi) is 5.10. The molecule has 6 nitrogen and oxygen atoms in total. The molecule has 2 heterocycles. The van der Waals surface area contributed by atoms with Gasteiger partial charge in [-0.15, -0.1) is 0 Å². The monoisotopic (exact) mass is 405 g/mol. The minimum Gasteiger partial charge on any atom is -0.341 e. The molecule has 0 bridgehead atoms. The molecule has 0 spiro atoms. The fourth-order valence-corrected chi connectivity index (χ4v) is 4.57. The lowest BCUT2D eigenvalue weighted by molar-refractivity contribution is -0.130. The second-order valence-corrected chi connectivity index (χ2v) is 8.35. The lowest BCUT2D eigenvalue weighted by Gasteiger charge is -2.48. The van der Waals surface area contributed by atoms with Crippen LogP contribution in [0.1, 0.15) is 47.7 Å². The van der Waals surface area contributed by atoms with Gasteiger partial charge in [-0.05, 0) is 43.5 Å². The van der Waals surface area contributed by atoms with Crippen LogP contribution < -0.4 is 4.90 Å². The van der Waals surface area contributed by atoms with Gasteiger partial charge < -0.3 is 9.80 Å². The van der Waals surface area contributed by atoms with E-state index in [0.717, 1.165) is 11.1 Å². The van der Waals surface area contributed by atoms with Crippen LogP contribution in [0.15, 0.2) is 48.5 Å². The minimum atomic E-state index is -0.725. The van der Waals surface area contributed by atoms with Gasteiger partial charge >= 0.3 is 0 Å². The summed E-state index contributed by atoms with van der Waals surface area (Å²) < 4.78 is 0. The summed E-state index contributed by atoms with van der Waals surface area (Å²) in [6, 6.07) is 15.2. The van der Waals surface area contributed by atoms with Crippen LogP contribution >= 0.6 is 0 Å². The molecular formula is C24H27N3O3. The van der Waals surface area contributed by atoms with Gasteiger partial charge in [0.15, 0.2) is 0 Å². The van der Waals surface area contributed by atoms with Crippen molar-refractivity contribution in [1.29, 1.82) is 0 Å². The SMILES string of the molecule is Cc1ccccc1CN(C)C(=O)CCN1C(=O)c2ccccc2N2C(=O)CCC12C. The molecule has 0 radical (unpaired) electrons. The molecule has 0 saturated carbocycles. The average molecular weight is 405 g/mol. The van der Waals surface area contributed by atoms with Crippen LogP contribution in [0.5, 0.6) is 0 Å². The van der Waals surface area contributed by atoms with E-state index < -0.39 is 5.66 Å². The number of amides is 3. The standard InChI is InChI=1S/C24H27N3O3/c1-17-8-4-5-9-18(17)16-25(3)21(28)13-15-26-23(30)19-10-6-7-11-20(19)27-22(29)12-14-24(26,27)2/h4-11H,12-16H2,1-3H3. The molecule has 4 rings (SSSR count). The van der Waals surface area contributed by atoms with Crippen molar-refractivity contribution in [2.75, 3.05) is 18.5 Å². The van der Waals surface area contributed by atoms with Gasteiger partial charge in [0.2, 0.25) is 11.8 Å². The molecule has 0 aromatic heterocycles. The Bertz CT molecular complexity index is 1020. The highest BCUT2D eigenvalue weighted by Crippen LogP contribution is 2.43. The summed E-state index contributed by atoms with van der Waals surface area (Å²) in [5, 5.41) is 0. The van der Waals surface area contributed by atoms with E-state index in [1.54, 1.807) is 33.9 Å². The second kappa shape index (κ2) is 7.59. The number of aryl methyl sites for hydroxylation is 1. The first-order valence-corrected chi connectivity index (χ1v) is 10.4. The molecule has 1 saturated heterocycles. The number of carbonyl (C=O) groups excluding carboxylic acids is 3. The zero-order valence-electron chi connectivity index (χ0n) is 17.7. The van der Waals surface area contributed by atoms with Gasteiger partial charge in [-0.3, -0.25) is 19.3 Å². The van der Waals surface area contributed by atoms with E-state index in [9.17, 15) is 14.4 Å². The van der Waals surface area contributed by atoms with Gasteiger partial charge in [-0.2, -0.15) is 0 Å². The Labute approximate surface area is 177 Å². The fourth-order valence-electron chi connectivity index (χ4n) is 4.57. The maximum atomic E-state index is 13.3. The second-order valence-electron chi connectivity index (χ2n) is 8.35. The van der Waals surface area contributed by atoms with Crippen LogP contribution in [0.3, 0.4) is 0 Å². The Morgan fingerprint density at radius 1 is 1.10 bits per heavy atom. The molecule has 156 valence electrons. The van der Waals surface area contributed by atoms with Crippen LogP contribution in [0, 0.1) is 6.92 Å². The number of hydrogen-bond acceptors (Lipinski definition) is 3. The summed E-state index contributed by atoms with van der Waals surface area (Å²) in [6.07, 6.45) is 1.18. The van der Waals surface area contributed by atoms with Gasteiger partial charge in [0, 0.05) is 33.0 Å². The van der Waals surface area contributed by atoms with Crippen molar-refractivity contribution in [3.8, 4) is 0 Å². The largest absolute Gasteiger partial charge is 0.341 e. The van der Waals surface area contributed by atoms with Crippen molar-refractivity contribution in [2.45, 2.75) is 45.3 Å². The van der Waals surface area contributed by atoms with Crippen LogP contribution in [0.4, 0.5) is 5.69 Å². The number of para-hydroxylation sites is 1. The lowest BCUT2D eigenvalue weighted by atomic mass is 9.98. The topological polar surface area (TPSA) is 60.9 Å². The molecule has 1 atom stereocenters. The van der Waals surface area contributed by atoms with Gasteiger partial charge in [-0.1, -0.05) is 36.4 Å². The molecule has 2 aliphatic heterocycles. The van der Waals surface area contributed by atoms with Gasteiger partial charge in [0.05, 0.1) is 11.3 Å². The molecule has 0 aliphatic carbocycles. The summed E-state index contributed by atoms with van der Waals surface area (Å²) in [5.74, 6) is -0.122. The first-order chi connectivity index (χ1) is 14.3. The zero-order chi connectivity index (χ0) is 21.5. The van der Waals surface area contributed by atoms with Crippen LogP contribution in [-0.4, -0.2) is 46.8 Å². The number of fused-ring (bicyclic) bond motifs is 3. The number of rotatable bonds is 5. The first-order valence-electron chi connectivity index (χ1n) is 10.4. The van der Waals surface area contributed by atoms with Crippen molar-refractivity contribution in [1.82, 2.24) is 9.80 Å². The third-order valence-electron chi connectivity index (χ3n) is 6.39. The number of anilines is 1. The lowest BCUT2D eigenvalue weighted by Crippen LogP contribution is -2.62. The molecule has 0 N–H and O–H groups in total. The highest BCUT2D eigenvalue weighted by molar-refractivity contribution is 6.10. The van der Waals surface area contributed by atoms with Crippen molar-refractivity contribution in [2.24, 2.45) is 0 Å². The number of benzene rings is 2. The van der Waals surface area contributed by atoms with E-state index in [1.165, 1.54) is 0 Å². The van der Waals surface area contributed by atoms with Crippen LogP contribution in [-0.2, 0) is 16.1 Å². The van der Waals surface area contributed by atoms with Crippen LogP contribution in [0.2, 0.25) is 0 Å². The van der Waals surface area contributed by atoms with Crippen molar-refractivity contribution >= 4 is 23.4 Å². The van der Waals surface area contributed by atoms with Gasteiger partial charge in [-0.25, -0.2) is 0 Å². The normalized spacial score (nSPS) is 20.2. The maximum Gasteiger partial charge on any atom is 0.257 e. The summed E-state index contributed by atoms with van der Waals surface area (Å²) in [7, 11) is 1.79. The van der Waals surface area contributed by atoms with Crippen molar-refractivity contribution < 1.29 is 14.4 Å². The summed E-state index contributed by atoms with van der Waals surface area (Å²) in [6.45, 7) is 4.77. The Hall–Kier alpha value is -3.15. The van der Waals surface area contributed by atoms with Gasteiger partial charge in [0.25, 0.3) is 5.91 Å². The fraction of sp³-hybridized carbons (Fsp3) is 0.375. The molecule has 6 heteroatoms.